The quantitative estimate of drug-likeness (QED) is 0.112. The van der Waals surface area contributed by atoms with Crippen LogP contribution in [0.5, 0.6) is 17.2 Å². The molecule has 35 heavy (non-hydrogen) atoms. The van der Waals surface area contributed by atoms with E-state index in [0.717, 1.165) is 17.4 Å². The first-order chi connectivity index (χ1) is 16.5. The van der Waals surface area contributed by atoms with Gasteiger partial charge in [0.05, 0.1) is 32.3 Å². The summed E-state index contributed by atoms with van der Waals surface area (Å²) in [6.07, 6.45) is 0.641. The number of benzene rings is 3. The highest BCUT2D eigenvalue weighted by Crippen LogP contribution is 2.38. The van der Waals surface area contributed by atoms with E-state index in [-0.39, 0.29) is 18.0 Å². The van der Waals surface area contributed by atoms with E-state index < -0.39 is 19.7 Å². The Labute approximate surface area is 219 Å². The third-order valence-corrected chi connectivity index (χ3v) is 7.38. The van der Waals surface area contributed by atoms with Crippen molar-refractivity contribution >= 4 is 38.3 Å². The molecular formula is C25H29IN2O6S. The van der Waals surface area contributed by atoms with Crippen LogP contribution in [0.15, 0.2) is 66.7 Å². The van der Waals surface area contributed by atoms with E-state index >= 15 is 0 Å². The van der Waals surface area contributed by atoms with Crippen molar-refractivity contribution in [3.63, 3.8) is 0 Å². The molecule has 0 saturated carbocycles. The molecule has 3 aromatic carbocycles. The Morgan fingerprint density at radius 2 is 1.69 bits per heavy atom. The Morgan fingerprint density at radius 3 is 2.31 bits per heavy atom. The molecule has 0 aliphatic carbocycles. The predicted molar refractivity (Wildman–Crippen MR) is 145 cm³/mol. The minimum absolute atomic E-state index is 0.00830. The van der Waals surface area contributed by atoms with Crippen molar-refractivity contribution in [3.8, 4) is 17.2 Å². The third-order valence-electron chi connectivity index (χ3n) is 5.41. The normalized spacial score (nSPS) is 14.1. The summed E-state index contributed by atoms with van der Waals surface area (Å²) in [4.78, 5) is 0. The number of rotatable bonds is 11. The second-order valence-electron chi connectivity index (χ2n) is 8.08. The number of ether oxygens (including phenoxy) is 2. The molecule has 3 rings (SSSR count). The minimum Gasteiger partial charge on any atom is -0.506 e. The molecule has 2 atom stereocenters. The first-order valence-electron chi connectivity index (χ1n) is 10.7. The molecule has 0 bridgehead atoms. The topological polar surface area (TPSA) is 117 Å². The molecule has 3 aromatic rings. The Balaban J connectivity index is 1.89. The monoisotopic (exact) mass is 612 g/mol. The second kappa shape index (κ2) is 11.5. The van der Waals surface area contributed by atoms with Gasteiger partial charge >= 0.3 is 0 Å². The van der Waals surface area contributed by atoms with Gasteiger partial charge in [-0.15, -0.1) is 0 Å². The number of anilines is 1. The van der Waals surface area contributed by atoms with Gasteiger partial charge in [0.1, 0.15) is 9.30 Å². The van der Waals surface area contributed by atoms with Crippen LogP contribution in [0.1, 0.15) is 22.8 Å². The van der Waals surface area contributed by atoms with E-state index in [9.17, 15) is 18.6 Å². The number of aromatic hydroxyl groups is 1. The van der Waals surface area contributed by atoms with Gasteiger partial charge in [0.2, 0.25) is 10.0 Å². The standard InChI is InChI=1S/C25H29IN2O6S/c1-33-23-12-10-19(14-24(23)34-2)25(26,15-17-7-5-4-6-8-17)27-16-22(30)18-9-11-21(29)20(13-18)28-35(3,31)32/h4-14,22,27-30H,15-16H2,1-3H3. The number of alkyl halides is 1. The summed E-state index contributed by atoms with van der Waals surface area (Å²) in [5, 5.41) is 24.4. The van der Waals surface area contributed by atoms with Crippen LogP contribution in [-0.4, -0.2) is 45.7 Å². The van der Waals surface area contributed by atoms with E-state index in [1.807, 2.05) is 48.5 Å². The lowest BCUT2D eigenvalue weighted by atomic mass is 9.97. The fourth-order valence-electron chi connectivity index (χ4n) is 3.65. The number of aliphatic hydroxyl groups is 1. The molecule has 0 aliphatic rings. The highest BCUT2D eigenvalue weighted by molar-refractivity contribution is 14.1. The minimum atomic E-state index is -3.59. The van der Waals surface area contributed by atoms with Crippen molar-refractivity contribution in [3.05, 3.63) is 83.4 Å². The van der Waals surface area contributed by atoms with Crippen LogP contribution >= 0.6 is 22.6 Å². The summed E-state index contributed by atoms with van der Waals surface area (Å²) < 4.78 is 35.7. The summed E-state index contributed by atoms with van der Waals surface area (Å²) in [5.74, 6) is 0.984. The fourth-order valence-corrected chi connectivity index (χ4v) is 5.20. The molecule has 0 aromatic heterocycles. The lowest BCUT2D eigenvalue weighted by Gasteiger charge is -2.32. The van der Waals surface area contributed by atoms with Crippen molar-refractivity contribution < 1.29 is 28.1 Å². The molecule has 10 heteroatoms. The summed E-state index contributed by atoms with van der Waals surface area (Å²) in [6, 6.07) is 20.0. The summed E-state index contributed by atoms with van der Waals surface area (Å²) in [6.45, 7) is 0.160. The first kappa shape index (κ1) is 27.1. The van der Waals surface area contributed by atoms with Crippen LogP contribution in [0.3, 0.4) is 0 Å². The largest absolute Gasteiger partial charge is 0.506 e. The summed E-state index contributed by atoms with van der Waals surface area (Å²) in [5.41, 5.74) is 2.49. The fraction of sp³-hybridized carbons (Fsp3) is 0.280. The zero-order chi connectivity index (χ0) is 25.6. The maximum atomic E-state index is 11.6. The Kier molecular flexibility index (Phi) is 8.86. The molecule has 2 unspecified atom stereocenters. The van der Waals surface area contributed by atoms with Crippen LogP contribution in [0.2, 0.25) is 0 Å². The molecule has 0 saturated heterocycles. The van der Waals surface area contributed by atoms with E-state index in [4.69, 9.17) is 9.47 Å². The predicted octanol–water partition coefficient (Wildman–Crippen LogP) is 3.93. The van der Waals surface area contributed by atoms with E-state index in [1.165, 1.54) is 12.1 Å². The molecule has 188 valence electrons. The molecule has 0 amide bonds. The van der Waals surface area contributed by atoms with Gasteiger partial charge in [0, 0.05) is 13.0 Å². The maximum Gasteiger partial charge on any atom is 0.229 e. The molecule has 0 spiro atoms. The van der Waals surface area contributed by atoms with Crippen molar-refractivity contribution in [2.75, 3.05) is 31.7 Å². The van der Waals surface area contributed by atoms with Crippen LogP contribution < -0.4 is 19.5 Å². The van der Waals surface area contributed by atoms with E-state index in [0.29, 0.717) is 23.5 Å². The Morgan fingerprint density at radius 1 is 1.00 bits per heavy atom. The maximum absolute atomic E-state index is 11.6. The highest BCUT2D eigenvalue weighted by Gasteiger charge is 2.31. The van der Waals surface area contributed by atoms with Crippen molar-refractivity contribution in [2.24, 2.45) is 0 Å². The van der Waals surface area contributed by atoms with Crippen molar-refractivity contribution in [1.29, 1.82) is 0 Å². The lowest BCUT2D eigenvalue weighted by molar-refractivity contribution is 0.168. The summed E-state index contributed by atoms with van der Waals surface area (Å²) >= 11 is 2.33. The number of sulfonamides is 1. The average molecular weight is 612 g/mol. The number of hydrogen-bond donors (Lipinski definition) is 4. The molecule has 0 fully saturated rings. The van der Waals surface area contributed by atoms with Gasteiger partial charge in [-0.05, 0) is 41.0 Å². The van der Waals surface area contributed by atoms with Gasteiger partial charge in [0.15, 0.2) is 11.5 Å². The van der Waals surface area contributed by atoms with Gasteiger partial charge in [-0.2, -0.15) is 0 Å². The van der Waals surface area contributed by atoms with Gasteiger partial charge < -0.3 is 19.7 Å². The van der Waals surface area contributed by atoms with E-state index in [2.05, 4.69) is 32.6 Å². The number of aliphatic hydroxyl groups excluding tert-OH is 1. The van der Waals surface area contributed by atoms with Gasteiger partial charge in [-0.25, -0.2) is 8.42 Å². The second-order valence-corrected chi connectivity index (χ2v) is 11.7. The molecule has 0 radical (unpaired) electrons. The van der Waals surface area contributed by atoms with Crippen LogP contribution in [-0.2, 0) is 20.0 Å². The highest BCUT2D eigenvalue weighted by atomic mass is 127. The van der Waals surface area contributed by atoms with E-state index in [1.54, 1.807) is 20.3 Å². The molecule has 4 N–H and O–H groups in total. The number of hydrogen-bond acceptors (Lipinski definition) is 7. The van der Waals surface area contributed by atoms with Crippen LogP contribution in [0.25, 0.3) is 0 Å². The zero-order valence-electron chi connectivity index (χ0n) is 19.7. The van der Waals surface area contributed by atoms with Gasteiger partial charge in [0.25, 0.3) is 0 Å². The molecule has 0 heterocycles. The zero-order valence-corrected chi connectivity index (χ0v) is 22.6. The van der Waals surface area contributed by atoms with Crippen molar-refractivity contribution in [1.82, 2.24) is 5.32 Å². The van der Waals surface area contributed by atoms with Crippen LogP contribution in [0.4, 0.5) is 5.69 Å². The first-order valence-corrected chi connectivity index (χ1v) is 13.7. The Hall–Kier alpha value is -2.54. The number of nitrogens with one attached hydrogen (secondary N) is 2. The third kappa shape index (κ3) is 7.23. The number of phenols is 1. The smallest absolute Gasteiger partial charge is 0.229 e. The van der Waals surface area contributed by atoms with Crippen molar-refractivity contribution in [2.45, 2.75) is 16.1 Å². The molecular weight excluding hydrogens is 583 g/mol. The Bertz CT molecular complexity index is 1260. The number of phenolic OH excluding ortho intramolecular Hbond substituents is 1. The average Bonchev–Trinajstić information content (AvgIpc) is 2.83. The lowest BCUT2D eigenvalue weighted by Crippen LogP contribution is -2.41. The SMILES string of the molecule is COc1ccc(C(I)(Cc2ccccc2)NCC(O)c2ccc(O)c(NS(C)(=O)=O)c2)cc1OC. The van der Waals surface area contributed by atoms with Gasteiger partial charge in [-0.1, -0.05) is 65.1 Å². The van der Waals surface area contributed by atoms with Crippen LogP contribution in [0, 0.1) is 0 Å². The molecule has 0 aliphatic heterocycles. The summed E-state index contributed by atoms with van der Waals surface area (Å²) in [7, 11) is -0.429. The number of halogens is 1. The van der Waals surface area contributed by atoms with Gasteiger partial charge in [-0.3, -0.25) is 10.0 Å². The number of methoxy groups -OCH3 is 2. The molecule has 8 nitrogen and oxygen atoms in total.